The summed E-state index contributed by atoms with van der Waals surface area (Å²) in [6, 6.07) is 17.1. The zero-order valence-corrected chi connectivity index (χ0v) is 17.8. The van der Waals surface area contributed by atoms with Crippen molar-refractivity contribution in [2.45, 2.75) is 12.5 Å². The number of hydrogen-bond acceptors (Lipinski definition) is 3. The first-order valence-electron chi connectivity index (χ1n) is 8.92. The van der Waals surface area contributed by atoms with Gasteiger partial charge in [0.1, 0.15) is 11.8 Å². The van der Waals surface area contributed by atoms with Crippen molar-refractivity contribution < 1.29 is 14.7 Å². The molecule has 0 saturated heterocycles. The van der Waals surface area contributed by atoms with Crippen LogP contribution in [0.1, 0.15) is 15.9 Å². The highest BCUT2D eigenvalue weighted by molar-refractivity contribution is 6.42. The fourth-order valence-corrected chi connectivity index (χ4v) is 3.26. The van der Waals surface area contributed by atoms with Crippen LogP contribution in [-0.4, -0.2) is 23.0 Å². The first-order chi connectivity index (χ1) is 14.3. The summed E-state index contributed by atoms with van der Waals surface area (Å²) >= 11 is 17.9. The van der Waals surface area contributed by atoms with Gasteiger partial charge in [0, 0.05) is 17.1 Å². The molecule has 154 valence electrons. The molecule has 0 radical (unpaired) electrons. The molecule has 0 aliphatic carbocycles. The zero-order valence-electron chi connectivity index (χ0n) is 15.5. The fourth-order valence-electron chi connectivity index (χ4n) is 2.79. The van der Waals surface area contributed by atoms with Crippen LogP contribution in [0.3, 0.4) is 0 Å². The van der Waals surface area contributed by atoms with Crippen LogP contribution in [0.4, 0.5) is 5.69 Å². The fraction of sp³-hybridized carbons (Fsp3) is 0.0909. The summed E-state index contributed by atoms with van der Waals surface area (Å²) in [6.07, 6.45) is 0.237. The van der Waals surface area contributed by atoms with E-state index in [1.54, 1.807) is 12.1 Å². The van der Waals surface area contributed by atoms with E-state index in [-0.39, 0.29) is 22.8 Å². The number of carbonyl (C=O) groups is 2. The number of halogens is 3. The Hall–Kier alpha value is -2.73. The molecule has 3 N–H and O–H groups in total. The Balaban J connectivity index is 1.83. The topological polar surface area (TPSA) is 78.4 Å². The van der Waals surface area contributed by atoms with Crippen molar-refractivity contribution in [1.29, 1.82) is 0 Å². The zero-order chi connectivity index (χ0) is 21.7. The summed E-state index contributed by atoms with van der Waals surface area (Å²) in [6.45, 7) is 0. The maximum Gasteiger partial charge on any atom is 0.255 e. The third-order valence-corrected chi connectivity index (χ3v) is 5.27. The third kappa shape index (κ3) is 5.66. The molecule has 0 fully saturated rings. The average Bonchev–Trinajstić information content (AvgIpc) is 2.72. The summed E-state index contributed by atoms with van der Waals surface area (Å²) < 4.78 is 0. The van der Waals surface area contributed by atoms with Gasteiger partial charge in [-0.15, -0.1) is 0 Å². The number of aromatic hydroxyl groups is 1. The van der Waals surface area contributed by atoms with Crippen LogP contribution < -0.4 is 10.6 Å². The van der Waals surface area contributed by atoms with Gasteiger partial charge in [0.25, 0.3) is 5.91 Å². The monoisotopic (exact) mass is 462 g/mol. The largest absolute Gasteiger partial charge is 0.507 e. The smallest absolute Gasteiger partial charge is 0.255 e. The standard InChI is InChI=1S/C22H17Cl3N2O3/c23-14-6-9-20(28)16(11-14)21(29)27-19(10-13-4-2-1-3-5-13)22(30)26-15-7-8-17(24)18(25)12-15/h1-9,11-12,19,28H,10H2,(H,26,30)(H,27,29)/t19-/m1/s1. The second-order valence-electron chi connectivity index (χ2n) is 6.50. The lowest BCUT2D eigenvalue weighted by atomic mass is 10.0. The highest BCUT2D eigenvalue weighted by Gasteiger charge is 2.24. The third-order valence-electron chi connectivity index (χ3n) is 4.29. The lowest BCUT2D eigenvalue weighted by Crippen LogP contribution is -2.45. The minimum absolute atomic E-state index is 0.0251. The summed E-state index contributed by atoms with van der Waals surface area (Å²) in [5.41, 5.74) is 1.26. The second-order valence-corrected chi connectivity index (χ2v) is 7.75. The van der Waals surface area contributed by atoms with Crippen molar-refractivity contribution in [2.75, 3.05) is 5.32 Å². The molecule has 5 nitrogen and oxygen atoms in total. The molecule has 1 atom stereocenters. The van der Waals surface area contributed by atoms with E-state index in [1.165, 1.54) is 24.3 Å². The molecule has 0 aliphatic rings. The van der Waals surface area contributed by atoms with Crippen LogP contribution in [0.5, 0.6) is 5.75 Å². The summed E-state index contributed by atoms with van der Waals surface area (Å²) in [4.78, 5) is 25.7. The van der Waals surface area contributed by atoms with Gasteiger partial charge >= 0.3 is 0 Å². The summed E-state index contributed by atoms with van der Waals surface area (Å²) in [7, 11) is 0. The predicted molar refractivity (Wildman–Crippen MR) is 120 cm³/mol. The lowest BCUT2D eigenvalue weighted by molar-refractivity contribution is -0.118. The van der Waals surface area contributed by atoms with Crippen LogP contribution >= 0.6 is 34.8 Å². The minimum atomic E-state index is -0.923. The number of phenols is 1. The van der Waals surface area contributed by atoms with Gasteiger partial charge in [-0.1, -0.05) is 65.1 Å². The Bertz CT molecular complexity index is 1070. The van der Waals surface area contributed by atoms with E-state index in [1.807, 2.05) is 30.3 Å². The van der Waals surface area contributed by atoms with Crippen molar-refractivity contribution >= 4 is 52.3 Å². The molecule has 0 aromatic heterocycles. The Morgan fingerprint density at radius 1 is 0.900 bits per heavy atom. The average molecular weight is 464 g/mol. The highest BCUT2D eigenvalue weighted by atomic mass is 35.5. The molecule has 3 aromatic rings. The van der Waals surface area contributed by atoms with Crippen LogP contribution in [0.15, 0.2) is 66.7 Å². The normalized spacial score (nSPS) is 11.6. The van der Waals surface area contributed by atoms with Crippen LogP contribution in [0.2, 0.25) is 15.1 Å². The molecule has 30 heavy (non-hydrogen) atoms. The quantitative estimate of drug-likeness (QED) is 0.462. The second kappa shape index (κ2) is 9.85. The SMILES string of the molecule is O=C(N[C@H](Cc1ccccc1)C(=O)Nc1ccc(Cl)c(Cl)c1)c1cc(Cl)ccc1O. The molecule has 0 saturated carbocycles. The van der Waals surface area contributed by atoms with Crippen molar-refractivity contribution in [2.24, 2.45) is 0 Å². The molecular formula is C22H17Cl3N2O3. The van der Waals surface area contributed by atoms with Gasteiger partial charge in [-0.05, 0) is 42.0 Å². The van der Waals surface area contributed by atoms with E-state index in [4.69, 9.17) is 34.8 Å². The Morgan fingerprint density at radius 3 is 2.33 bits per heavy atom. The summed E-state index contributed by atoms with van der Waals surface area (Å²) in [5, 5.41) is 16.3. The molecular weight excluding hydrogens is 447 g/mol. The maximum absolute atomic E-state index is 12.9. The van der Waals surface area contributed by atoms with E-state index in [9.17, 15) is 14.7 Å². The number of amides is 2. The van der Waals surface area contributed by atoms with Crippen molar-refractivity contribution in [3.05, 3.63) is 92.9 Å². The van der Waals surface area contributed by atoms with Crippen molar-refractivity contribution in [1.82, 2.24) is 5.32 Å². The Kier molecular flexibility index (Phi) is 7.21. The van der Waals surface area contributed by atoms with Gasteiger partial charge in [-0.25, -0.2) is 0 Å². The number of nitrogens with one attached hydrogen (secondary N) is 2. The van der Waals surface area contributed by atoms with E-state index < -0.39 is 17.9 Å². The van der Waals surface area contributed by atoms with E-state index in [0.717, 1.165) is 5.56 Å². The number of carbonyl (C=O) groups excluding carboxylic acids is 2. The molecule has 0 spiro atoms. The molecule has 0 unspecified atom stereocenters. The lowest BCUT2D eigenvalue weighted by Gasteiger charge is -2.19. The predicted octanol–water partition coefficient (Wildman–Crippen LogP) is 5.33. The van der Waals surface area contributed by atoms with Crippen molar-refractivity contribution in [3.8, 4) is 5.75 Å². The number of phenolic OH excluding ortho intramolecular Hbond substituents is 1. The van der Waals surface area contributed by atoms with Crippen LogP contribution in [0, 0.1) is 0 Å². The van der Waals surface area contributed by atoms with Gasteiger partial charge < -0.3 is 15.7 Å². The Morgan fingerprint density at radius 2 is 1.63 bits per heavy atom. The van der Waals surface area contributed by atoms with Gasteiger partial charge in [0.2, 0.25) is 5.91 Å². The van der Waals surface area contributed by atoms with E-state index in [2.05, 4.69) is 10.6 Å². The number of rotatable bonds is 6. The van der Waals surface area contributed by atoms with Gasteiger partial charge in [-0.2, -0.15) is 0 Å². The first kappa shape index (κ1) is 22.0. The molecule has 0 bridgehead atoms. The minimum Gasteiger partial charge on any atom is -0.507 e. The molecule has 2 amide bonds. The molecule has 0 heterocycles. The molecule has 3 aromatic carbocycles. The maximum atomic E-state index is 12.9. The van der Waals surface area contributed by atoms with Gasteiger partial charge in [-0.3, -0.25) is 9.59 Å². The first-order valence-corrected chi connectivity index (χ1v) is 10.1. The Labute approximate surface area is 188 Å². The van der Waals surface area contributed by atoms with Crippen LogP contribution in [0.25, 0.3) is 0 Å². The van der Waals surface area contributed by atoms with E-state index in [0.29, 0.717) is 15.7 Å². The van der Waals surface area contributed by atoms with Gasteiger partial charge in [0.05, 0.1) is 15.6 Å². The number of anilines is 1. The summed E-state index contributed by atoms with van der Waals surface area (Å²) in [5.74, 6) is -1.31. The van der Waals surface area contributed by atoms with Gasteiger partial charge in [0.15, 0.2) is 0 Å². The number of hydrogen-bond donors (Lipinski definition) is 3. The van der Waals surface area contributed by atoms with E-state index >= 15 is 0 Å². The van der Waals surface area contributed by atoms with Crippen LogP contribution in [-0.2, 0) is 11.2 Å². The van der Waals surface area contributed by atoms with Crippen molar-refractivity contribution in [3.63, 3.8) is 0 Å². The molecule has 3 rings (SSSR count). The molecule has 8 heteroatoms. The number of benzene rings is 3. The molecule has 0 aliphatic heterocycles. The highest BCUT2D eigenvalue weighted by Crippen LogP contribution is 2.25.